The summed E-state index contributed by atoms with van der Waals surface area (Å²) < 4.78 is 12.2. The minimum absolute atomic E-state index is 0.162. The predicted molar refractivity (Wildman–Crippen MR) is 96.8 cm³/mol. The highest BCUT2D eigenvalue weighted by Crippen LogP contribution is 2.23. The number of hydrogen-bond acceptors (Lipinski definition) is 8. The molecule has 0 fully saturated rings. The fourth-order valence-corrected chi connectivity index (χ4v) is 3.02. The molecular formula is C17H19N5O4S. The lowest BCUT2D eigenvalue weighted by atomic mass is 10.3. The molecular weight excluding hydrogens is 370 g/mol. The Kier molecular flexibility index (Phi) is 5.97. The number of hydrogen-bond donors (Lipinski definition) is 0. The molecule has 0 radical (unpaired) electrons. The second kappa shape index (κ2) is 8.58. The highest BCUT2D eigenvalue weighted by molar-refractivity contribution is 7.13. The Hall–Kier alpha value is -3.01. The van der Waals surface area contributed by atoms with Gasteiger partial charge in [0.05, 0.1) is 23.2 Å². The smallest absolute Gasteiger partial charge is 0.341 e. The number of esters is 1. The molecule has 0 aliphatic heterocycles. The van der Waals surface area contributed by atoms with E-state index in [2.05, 4.69) is 15.3 Å². The van der Waals surface area contributed by atoms with Gasteiger partial charge in [-0.25, -0.2) is 4.79 Å². The third kappa shape index (κ3) is 4.79. The molecule has 0 N–H and O–H groups in total. The Morgan fingerprint density at radius 2 is 2.22 bits per heavy atom. The third-order valence-electron chi connectivity index (χ3n) is 3.64. The van der Waals surface area contributed by atoms with Crippen molar-refractivity contribution in [3.63, 3.8) is 0 Å². The summed E-state index contributed by atoms with van der Waals surface area (Å²) >= 11 is 1.49. The Balaban J connectivity index is 1.59. The van der Waals surface area contributed by atoms with Gasteiger partial charge in [0.2, 0.25) is 5.89 Å². The molecule has 3 rings (SSSR count). The maximum Gasteiger partial charge on any atom is 0.341 e. The van der Waals surface area contributed by atoms with E-state index in [0.717, 1.165) is 11.3 Å². The molecule has 0 spiro atoms. The van der Waals surface area contributed by atoms with Crippen molar-refractivity contribution < 1.29 is 18.7 Å². The van der Waals surface area contributed by atoms with E-state index in [1.165, 1.54) is 33.3 Å². The van der Waals surface area contributed by atoms with Gasteiger partial charge in [-0.05, 0) is 17.9 Å². The van der Waals surface area contributed by atoms with Gasteiger partial charge in [-0.15, -0.1) is 21.5 Å². The molecule has 0 aliphatic carbocycles. The van der Waals surface area contributed by atoms with E-state index in [9.17, 15) is 9.59 Å². The van der Waals surface area contributed by atoms with Crippen molar-refractivity contribution in [1.29, 1.82) is 0 Å². The van der Waals surface area contributed by atoms with Crippen LogP contribution < -0.4 is 0 Å². The van der Waals surface area contributed by atoms with Crippen LogP contribution in [0.1, 0.15) is 29.6 Å². The Bertz CT molecular complexity index is 902. The van der Waals surface area contributed by atoms with Crippen molar-refractivity contribution in [3.8, 4) is 10.8 Å². The fourth-order valence-electron chi connectivity index (χ4n) is 2.37. The van der Waals surface area contributed by atoms with E-state index in [0.29, 0.717) is 23.9 Å². The first-order chi connectivity index (χ1) is 13.1. The van der Waals surface area contributed by atoms with Crippen molar-refractivity contribution in [2.45, 2.75) is 19.9 Å². The number of thiophene rings is 1. The number of carbonyl (C=O) groups is 2. The molecule has 3 aromatic rings. The molecule has 0 saturated carbocycles. The van der Waals surface area contributed by atoms with Crippen LogP contribution >= 0.6 is 11.3 Å². The van der Waals surface area contributed by atoms with E-state index in [4.69, 9.17) is 9.15 Å². The zero-order chi connectivity index (χ0) is 19.2. The minimum Gasteiger partial charge on any atom is -0.452 e. The average molecular weight is 389 g/mol. The lowest BCUT2D eigenvalue weighted by Gasteiger charge is -2.19. The predicted octanol–water partition coefficient (Wildman–Crippen LogP) is 2.13. The quantitative estimate of drug-likeness (QED) is 0.544. The van der Waals surface area contributed by atoms with Gasteiger partial charge in [-0.1, -0.05) is 13.0 Å². The molecule has 27 heavy (non-hydrogen) atoms. The topological polar surface area (TPSA) is 103 Å². The van der Waals surface area contributed by atoms with Crippen LogP contribution in [0.3, 0.4) is 0 Å². The summed E-state index contributed by atoms with van der Waals surface area (Å²) in [5, 5.41) is 13.8. The molecule has 9 nitrogen and oxygen atoms in total. The molecule has 3 heterocycles. The van der Waals surface area contributed by atoms with Gasteiger partial charge in [-0.2, -0.15) is 5.10 Å². The van der Waals surface area contributed by atoms with Crippen LogP contribution in [0.2, 0.25) is 0 Å². The molecule has 3 aromatic heterocycles. The van der Waals surface area contributed by atoms with Crippen LogP contribution in [0.4, 0.5) is 0 Å². The van der Waals surface area contributed by atoms with Gasteiger partial charge in [0.15, 0.2) is 6.61 Å². The molecule has 1 amide bonds. The standard InChI is InChI=1S/C17H19N5O4S/c1-3-6-22(10-14-19-20-16(26-14)13-5-4-7-27-13)15(23)11-25-17(24)12-8-18-21(2)9-12/h4-5,7-9H,3,6,10-11H2,1-2H3. The van der Waals surface area contributed by atoms with Crippen LogP contribution in [0, 0.1) is 0 Å². The van der Waals surface area contributed by atoms with E-state index >= 15 is 0 Å². The summed E-state index contributed by atoms with van der Waals surface area (Å²) in [6.45, 7) is 2.24. The molecule has 10 heteroatoms. The Morgan fingerprint density at radius 3 is 2.89 bits per heavy atom. The van der Waals surface area contributed by atoms with Gasteiger partial charge in [-0.3, -0.25) is 9.48 Å². The Labute approximate surface area is 159 Å². The summed E-state index contributed by atoms with van der Waals surface area (Å²) in [6, 6.07) is 3.78. The number of nitrogens with zero attached hydrogens (tertiary/aromatic N) is 5. The summed E-state index contributed by atoms with van der Waals surface area (Å²) in [5.41, 5.74) is 0.296. The maximum absolute atomic E-state index is 12.5. The second-order valence-corrected chi connectivity index (χ2v) is 6.72. The van der Waals surface area contributed by atoms with Crippen molar-refractivity contribution in [1.82, 2.24) is 24.9 Å². The lowest BCUT2D eigenvalue weighted by molar-refractivity contribution is -0.135. The largest absolute Gasteiger partial charge is 0.452 e. The number of carbonyl (C=O) groups excluding carboxylic acids is 2. The fraction of sp³-hybridized carbons (Fsp3) is 0.353. The number of aromatic nitrogens is 4. The van der Waals surface area contributed by atoms with Crippen molar-refractivity contribution in [3.05, 3.63) is 41.4 Å². The van der Waals surface area contributed by atoms with Crippen LogP contribution in [0.15, 0.2) is 34.3 Å². The first-order valence-corrected chi connectivity index (χ1v) is 9.24. The van der Waals surface area contributed by atoms with Crippen LogP contribution in [0.25, 0.3) is 10.8 Å². The summed E-state index contributed by atoms with van der Waals surface area (Å²) in [7, 11) is 1.69. The highest BCUT2D eigenvalue weighted by Gasteiger charge is 2.20. The number of rotatable bonds is 8. The molecule has 0 atom stereocenters. The van der Waals surface area contributed by atoms with Crippen molar-refractivity contribution in [2.24, 2.45) is 7.05 Å². The second-order valence-electron chi connectivity index (χ2n) is 5.77. The summed E-state index contributed by atoms with van der Waals surface area (Å²) in [4.78, 5) is 26.8. The van der Waals surface area contributed by atoms with E-state index in [-0.39, 0.29) is 19.1 Å². The van der Waals surface area contributed by atoms with Gasteiger partial charge < -0.3 is 14.1 Å². The third-order valence-corrected chi connectivity index (χ3v) is 4.50. The minimum atomic E-state index is -0.592. The lowest BCUT2D eigenvalue weighted by Crippen LogP contribution is -2.35. The summed E-state index contributed by atoms with van der Waals surface area (Å²) in [6.07, 6.45) is 3.66. The van der Waals surface area contributed by atoms with Gasteiger partial charge >= 0.3 is 5.97 Å². The molecule has 0 bridgehead atoms. The molecule has 0 saturated heterocycles. The van der Waals surface area contributed by atoms with Crippen LogP contribution in [-0.2, 0) is 23.1 Å². The molecule has 0 aromatic carbocycles. The first-order valence-electron chi connectivity index (χ1n) is 8.36. The van der Waals surface area contributed by atoms with E-state index in [1.807, 2.05) is 24.4 Å². The van der Waals surface area contributed by atoms with Crippen LogP contribution in [0.5, 0.6) is 0 Å². The summed E-state index contributed by atoms with van der Waals surface area (Å²) in [5.74, 6) is -0.165. The normalized spacial score (nSPS) is 10.7. The zero-order valence-corrected chi connectivity index (χ0v) is 15.8. The monoisotopic (exact) mass is 389 g/mol. The maximum atomic E-state index is 12.5. The first kappa shape index (κ1) is 18.8. The molecule has 0 aliphatic rings. The number of ether oxygens (including phenoxy) is 1. The molecule has 142 valence electrons. The van der Waals surface area contributed by atoms with Crippen LogP contribution in [-0.4, -0.2) is 49.9 Å². The molecule has 0 unspecified atom stereocenters. The van der Waals surface area contributed by atoms with Gasteiger partial charge in [0.25, 0.3) is 11.8 Å². The van der Waals surface area contributed by atoms with E-state index in [1.54, 1.807) is 7.05 Å². The van der Waals surface area contributed by atoms with E-state index < -0.39 is 5.97 Å². The zero-order valence-electron chi connectivity index (χ0n) is 15.0. The average Bonchev–Trinajstić information content (AvgIpc) is 3.40. The van der Waals surface area contributed by atoms with Gasteiger partial charge in [0.1, 0.15) is 0 Å². The van der Waals surface area contributed by atoms with Crippen molar-refractivity contribution >= 4 is 23.2 Å². The SMILES string of the molecule is CCCN(Cc1nnc(-c2cccs2)o1)C(=O)COC(=O)c1cnn(C)c1. The van der Waals surface area contributed by atoms with Crippen molar-refractivity contribution in [2.75, 3.05) is 13.2 Å². The number of aryl methyl sites for hydroxylation is 1. The van der Waals surface area contributed by atoms with Gasteiger partial charge in [0, 0.05) is 19.8 Å². The number of amides is 1. The Morgan fingerprint density at radius 1 is 1.37 bits per heavy atom. The highest BCUT2D eigenvalue weighted by atomic mass is 32.1.